The number of hydrogen-bond donors (Lipinski definition) is 1. The summed E-state index contributed by atoms with van der Waals surface area (Å²) in [5, 5.41) is 9.81. The van der Waals surface area contributed by atoms with Gasteiger partial charge in [-0.15, -0.1) is 0 Å². The van der Waals surface area contributed by atoms with Gasteiger partial charge in [-0.25, -0.2) is 4.39 Å². The van der Waals surface area contributed by atoms with Gasteiger partial charge in [-0.3, -0.25) is 0 Å². The van der Waals surface area contributed by atoms with E-state index in [-0.39, 0.29) is 11.4 Å². The molecule has 0 bridgehead atoms. The minimum atomic E-state index is -0.686. The van der Waals surface area contributed by atoms with Crippen molar-refractivity contribution in [2.75, 3.05) is 24.7 Å². The number of nitrogens with zero attached hydrogens (tertiary/aromatic N) is 1. The Labute approximate surface area is 107 Å². The van der Waals surface area contributed by atoms with E-state index in [1.807, 2.05) is 0 Å². The maximum atomic E-state index is 13.3. The molecule has 1 saturated heterocycles. The third kappa shape index (κ3) is 2.49. The Morgan fingerprint density at radius 2 is 2.17 bits per heavy atom. The average molecular weight is 253 g/mol. The summed E-state index contributed by atoms with van der Waals surface area (Å²) in [6, 6.07) is 4.59. The standard InChI is InChI=1S/C14H20FNO2/c1-10(17)12-8-11(15)4-5-13(12)16-6-7-18-9-14(16,2)3/h4-5,8,10,17H,6-7,9H2,1-3H3. The van der Waals surface area contributed by atoms with Gasteiger partial charge in [0.2, 0.25) is 0 Å². The second-order valence-electron chi connectivity index (χ2n) is 5.40. The summed E-state index contributed by atoms with van der Waals surface area (Å²) in [7, 11) is 0. The molecule has 0 radical (unpaired) electrons. The fourth-order valence-corrected chi connectivity index (χ4v) is 2.41. The molecule has 0 amide bonds. The van der Waals surface area contributed by atoms with E-state index < -0.39 is 6.10 Å². The normalized spacial score (nSPS) is 20.8. The molecular weight excluding hydrogens is 233 g/mol. The van der Waals surface area contributed by atoms with E-state index in [1.54, 1.807) is 13.0 Å². The molecule has 0 spiro atoms. The van der Waals surface area contributed by atoms with Crippen LogP contribution in [0.3, 0.4) is 0 Å². The maximum Gasteiger partial charge on any atom is 0.123 e. The zero-order chi connectivity index (χ0) is 13.3. The van der Waals surface area contributed by atoms with Crippen LogP contribution in [0.25, 0.3) is 0 Å². The van der Waals surface area contributed by atoms with Crippen LogP contribution < -0.4 is 4.90 Å². The Morgan fingerprint density at radius 3 is 2.78 bits per heavy atom. The van der Waals surface area contributed by atoms with Crippen molar-refractivity contribution in [3.8, 4) is 0 Å². The molecule has 0 aliphatic carbocycles. The van der Waals surface area contributed by atoms with E-state index in [0.717, 1.165) is 12.2 Å². The summed E-state index contributed by atoms with van der Waals surface area (Å²) in [5.74, 6) is -0.319. The van der Waals surface area contributed by atoms with E-state index in [2.05, 4.69) is 18.7 Å². The van der Waals surface area contributed by atoms with Gasteiger partial charge in [-0.1, -0.05) is 0 Å². The Morgan fingerprint density at radius 1 is 1.44 bits per heavy atom. The number of rotatable bonds is 2. The molecule has 1 aromatic rings. The molecule has 1 fully saturated rings. The van der Waals surface area contributed by atoms with Crippen LogP contribution in [0.15, 0.2) is 18.2 Å². The zero-order valence-corrected chi connectivity index (χ0v) is 11.1. The number of aliphatic hydroxyl groups is 1. The number of aliphatic hydroxyl groups excluding tert-OH is 1. The van der Waals surface area contributed by atoms with Gasteiger partial charge < -0.3 is 14.7 Å². The second-order valence-corrected chi connectivity index (χ2v) is 5.40. The molecule has 18 heavy (non-hydrogen) atoms. The summed E-state index contributed by atoms with van der Waals surface area (Å²) < 4.78 is 18.8. The smallest absolute Gasteiger partial charge is 0.123 e. The molecule has 100 valence electrons. The Bertz CT molecular complexity index is 432. The van der Waals surface area contributed by atoms with Gasteiger partial charge in [0.15, 0.2) is 0 Å². The number of ether oxygens (including phenoxy) is 1. The molecule has 1 aliphatic rings. The summed E-state index contributed by atoms with van der Waals surface area (Å²) in [6.45, 7) is 7.86. The third-order valence-corrected chi connectivity index (χ3v) is 3.38. The lowest BCUT2D eigenvalue weighted by Gasteiger charge is -2.44. The fraction of sp³-hybridized carbons (Fsp3) is 0.571. The molecule has 1 atom stereocenters. The summed E-state index contributed by atoms with van der Waals surface area (Å²) in [4.78, 5) is 2.18. The number of morpholine rings is 1. The fourth-order valence-electron chi connectivity index (χ4n) is 2.41. The van der Waals surface area contributed by atoms with Gasteiger partial charge in [0.1, 0.15) is 5.82 Å². The lowest BCUT2D eigenvalue weighted by molar-refractivity contribution is 0.0639. The van der Waals surface area contributed by atoms with E-state index >= 15 is 0 Å². The van der Waals surface area contributed by atoms with Crippen LogP contribution in [-0.2, 0) is 4.74 Å². The van der Waals surface area contributed by atoms with E-state index in [4.69, 9.17) is 4.74 Å². The van der Waals surface area contributed by atoms with Gasteiger partial charge in [0, 0.05) is 17.8 Å². The molecular formula is C14H20FNO2. The van der Waals surface area contributed by atoms with Gasteiger partial charge in [0.25, 0.3) is 0 Å². The van der Waals surface area contributed by atoms with Crippen molar-refractivity contribution >= 4 is 5.69 Å². The van der Waals surface area contributed by atoms with Crippen molar-refractivity contribution in [2.24, 2.45) is 0 Å². The lowest BCUT2D eigenvalue weighted by Crippen LogP contribution is -2.53. The van der Waals surface area contributed by atoms with Crippen molar-refractivity contribution < 1.29 is 14.2 Å². The van der Waals surface area contributed by atoms with Crippen LogP contribution in [-0.4, -0.2) is 30.4 Å². The van der Waals surface area contributed by atoms with Crippen molar-refractivity contribution in [3.05, 3.63) is 29.6 Å². The molecule has 1 aliphatic heterocycles. The summed E-state index contributed by atoms with van der Waals surface area (Å²) >= 11 is 0. The summed E-state index contributed by atoms with van der Waals surface area (Å²) in [6.07, 6.45) is -0.686. The highest BCUT2D eigenvalue weighted by molar-refractivity contribution is 5.57. The van der Waals surface area contributed by atoms with Crippen LogP contribution in [0.4, 0.5) is 10.1 Å². The lowest BCUT2D eigenvalue weighted by atomic mass is 9.98. The number of anilines is 1. The van der Waals surface area contributed by atoms with Crippen molar-refractivity contribution in [1.82, 2.24) is 0 Å². The first-order valence-corrected chi connectivity index (χ1v) is 6.25. The first-order chi connectivity index (χ1) is 8.42. The zero-order valence-electron chi connectivity index (χ0n) is 11.1. The van der Waals surface area contributed by atoms with Crippen LogP contribution in [0.1, 0.15) is 32.4 Å². The average Bonchev–Trinajstić information content (AvgIpc) is 2.29. The molecule has 2 rings (SSSR count). The highest BCUT2D eigenvalue weighted by Gasteiger charge is 2.32. The number of halogens is 1. The van der Waals surface area contributed by atoms with Crippen molar-refractivity contribution in [2.45, 2.75) is 32.4 Å². The van der Waals surface area contributed by atoms with Gasteiger partial charge in [0.05, 0.1) is 24.9 Å². The van der Waals surface area contributed by atoms with Crippen molar-refractivity contribution in [3.63, 3.8) is 0 Å². The Balaban J connectivity index is 2.43. The predicted octanol–water partition coefficient (Wildman–Crippen LogP) is 2.49. The largest absolute Gasteiger partial charge is 0.389 e. The Hall–Kier alpha value is -1.13. The quantitative estimate of drug-likeness (QED) is 0.879. The highest BCUT2D eigenvalue weighted by Crippen LogP contribution is 2.33. The highest BCUT2D eigenvalue weighted by atomic mass is 19.1. The van der Waals surface area contributed by atoms with E-state index in [0.29, 0.717) is 18.8 Å². The topological polar surface area (TPSA) is 32.7 Å². The van der Waals surface area contributed by atoms with E-state index in [1.165, 1.54) is 12.1 Å². The first-order valence-electron chi connectivity index (χ1n) is 6.25. The molecule has 1 aromatic carbocycles. The number of hydrogen-bond acceptors (Lipinski definition) is 3. The van der Waals surface area contributed by atoms with Crippen LogP contribution >= 0.6 is 0 Å². The van der Waals surface area contributed by atoms with Gasteiger partial charge in [-0.2, -0.15) is 0 Å². The SMILES string of the molecule is CC(O)c1cc(F)ccc1N1CCOCC1(C)C. The van der Waals surface area contributed by atoms with Crippen LogP contribution in [0.5, 0.6) is 0 Å². The van der Waals surface area contributed by atoms with Crippen molar-refractivity contribution in [1.29, 1.82) is 0 Å². The van der Waals surface area contributed by atoms with E-state index in [9.17, 15) is 9.50 Å². The monoisotopic (exact) mass is 253 g/mol. The minimum Gasteiger partial charge on any atom is -0.389 e. The summed E-state index contributed by atoms with van der Waals surface area (Å²) in [5.41, 5.74) is 1.37. The molecule has 1 N–H and O–H groups in total. The molecule has 0 saturated carbocycles. The first kappa shape index (κ1) is 13.3. The maximum absolute atomic E-state index is 13.3. The van der Waals surface area contributed by atoms with Gasteiger partial charge >= 0.3 is 0 Å². The third-order valence-electron chi connectivity index (χ3n) is 3.38. The molecule has 4 heteroatoms. The Kier molecular flexibility index (Phi) is 3.59. The molecule has 1 heterocycles. The predicted molar refractivity (Wildman–Crippen MR) is 69.3 cm³/mol. The second kappa shape index (κ2) is 4.86. The minimum absolute atomic E-state index is 0.153. The number of benzene rings is 1. The van der Waals surface area contributed by atoms with Crippen LogP contribution in [0.2, 0.25) is 0 Å². The van der Waals surface area contributed by atoms with Gasteiger partial charge in [-0.05, 0) is 39.0 Å². The molecule has 3 nitrogen and oxygen atoms in total. The molecule has 0 aromatic heterocycles. The van der Waals surface area contributed by atoms with Crippen LogP contribution in [0, 0.1) is 5.82 Å². The molecule has 1 unspecified atom stereocenters.